The summed E-state index contributed by atoms with van der Waals surface area (Å²) < 4.78 is 7.24. The summed E-state index contributed by atoms with van der Waals surface area (Å²) in [6, 6.07) is 16.2. The standard InChI is InChI=1S/C26H31N7O/c1-17(2)18-8-10-20(11-9-18)33-24(27)22-23(19-6-5-7-21(16-19)34-4)28-26(29-25(22)30-33)32-14-12-31(3)13-15-32/h5-11,16-17H,12-15,27H2,1-4H3. The molecule has 2 N–H and O–H groups in total. The van der Waals surface area contributed by atoms with Gasteiger partial charge in [0.1, 0.15) is 11.6 Å². The van der Waals surface area contributed by atoms with Crippen molar-refractivity contribution in [2.75, 3.05) is 51.0 Å². The van der Waals surface area contributed by atoms with Gasteiger partial charge in [-0.1, -0.05) is 38.1 Å². The molecule has 2 aromatic carbocycles. The molecule has 0 radical (unpaired) electrons. The molecular weight excluding hydrogens is 426 g/mol. The van der Waals surface area contributed by atoms with E-state index in [-0.39, 0.29) is 0 Å². The third kappa shape index (κ3) is 4.05. The Bertz CT molecular complexity index is 1300. The highest BCUT2D eigenvalue weighted by atomic mass is 16.5. The summed E-state index contributed by atoms with van der Waals surface area (Å²) in [7, 11) is 3.80. The van der Waals surface area contributed by atoms with E-state index in [4.69, 9.17) is 25.5 Å². The zero-order valence-electron chi connectivity index (χ0n) is 20.2. The van der Waals surface area contributed by atoms with Crippen molar-refractivity contribution in [1.29, 1.82) is 0 Å². The van der Waals surface area contributed by atoms with Crippen LogP contribution in [0.4, 0.5) is 11.8 Å². The fourth-order valence-corrected chi connectivity index (χ4v) is 4.32. The van der Waals surface area contributed by atoms with E-state index in [0.717, 1.165) is 54.3 Å². The molecule has 176 valence electrons. The number of hydrogen-bond acceptors (Lipinski definition) is 7. The van der Waals surface area contributed by atoms with Crippen molar-refractivity contribution >= 4 is 22.8 Å². The highest BCUT2D eigenvalue weighted by Crippen LogP contribution is 2.35. The molecule has 2 aromatic heterocycles. The largest absolute Gasteiger partial charge is 0.497 e. The van der Waals surface area contributed by atoms with Crippen LogP contribution >= 0.6 is 0 Å². The second kappa shape index (κ2) is 8.95. The van der Waals surface area contributed by atoms with Crippen molar-refractivity contribution in [2.45, 2.75) is 19.8 Å². The maximum Gasteiger partial charge on any atom is 0.228 e. The third-order valence-electron chi connectivity index (χ3n) is 6.49. The van der Waals surface area contributed by atoms with E-state index in [0.29, 0.717) is 23.3 Å². The number of nitrogens with zero attached hydrogens (tertiary/aromatic N) is 6. The molecule has 0 bridgehead atoms. The Labute approximate surface area is 200 Å². The Balaban J connectivity index is 1.68. The maximum atomic E-state index is 6.69. The van der Waals surface area contributed by atoms with Gasteiger partial charge in [-0.05, 0) is 42.8 Å². The molecule has 5 rings (SSSR count). The molecule has 1 saturated heterocycles. The van der Waals surface area contributed by atoms with Gasteiger partial charge in [0.2, 0.25) is 5.95 Å². The normalized spacial score (nSPS) is 14.8. The number of piperazine rings is 1. The minimum Gasteiger partial charge on any atom is -0.497 e. The van der Waals surface area contributed by atoms with Crippen LogP contribution in [0.2, 0.25) is 0 Å². The predicted octanol–water partition coefficient (Wildman–Crippen LogP) is 3.95. The number of aromatic nitrogens is 4. The van der Waals surface area contributed by atoms with E-state index < -0.39 is 0 Å². The number of anilines is 2. The van der Waals surface area contributed by atoms with E-state index in [1.807, 2.05) is 24.3 Å². The van der Waals surface area contributed by atoms with E-state index >= 15 is 0 Å². The van der Waals surface area contributed by atoms with Crippen molar-refractivity contribution < 1.29 is 4.74 Å². The molecular formula is C26H31N7O. The van der Waals surface area contributed by atoms with Gasteiger partial charge in [-0.25, -0.2) is 9.67 Å². The van der Waals surface area contributed by atoms with Crippen LogP contribution in [0.5, 0.6) is 5.75 Å². The highest BCUT2D eigenvalue weighted by molar-refractivity contribution is 5.99. The first-order valence-electron chi connectivity index (χ1n) is 11.7. The number of rotatable bonds is 5. The molecule has 0 aliphatic carbocycles. The highest BCUT2D eigenvalue weighted by Gasteiger charge is 2.23. The van der Waals surface area contributed by atoms with E-state index in [9.17, 15) is 0 Å². The number of likely N-dealkylation sites (N-methyl/N-ethyl adjacent to an activating group) is 1. The number of nitrogen functional groups attached to an aromatic ring is 1. The van der Waals surface area contributed by atoms with Gasteiger partial charge in [-0.15, -0.1) is 5.10 Å². The molecule has 3 heterocycles. The molecule has 1 fully saturated rings. The van der Waals surface area contributed by atoms with Gasteiger partial charge in [0.15, 0.2) is 5.65 Å². The summed E-state index contributed by atoms with van der Waals surface area (Å²) in [5, 5.41) is 5.58. The zero-order valence-corrected chi connectivity index (χ0v) is 20.2. The Morgan fingerprint density at radius 1 is 0.971 bits per heavy atom. The van der Waals surface area contributed by atoms with Crippen LogP contribution in [0.15, 0.2) is 48.5 Å². The molecule has 0 saturated carbocycles. The molecule has 4 aromatic rings. The molecule has 8 nitrogen and oxygen atoms in total. The topological polar surface area (TPSA) is 85.3 Å². The number of hydrogen-bond donors (Lipinski definition) is 1. The fraction of sp³-hybridized carbons (Fsp3) is 0.346. The molecule has 34 heavy (non-hydrogen) atoms. The molecule has 0 atom stereocenters. The third-order valence-corrected chi connectivity index (χ3v) is 6.49. The second-order valence-electron chi connectivity index (χ2n) is 9.14. The molecule has 8 heteroatoms. The van der Waals surface area contributed by atoms with Crippen LogP contribution in [0, 0.1) is 0 Å². The summed E-state index contributed by atoms with van der Waals surface area (Å²) in [6.45, 7) is 8.03. The van der Waals surface area contributed by atoms with E-state index in [1.165, 1.54) is 5.56 Å². The monoisotopic (exact) mass is 457 g/mol. The van der Waals surface area contributed by atoms with Gasteiger partial charge in [-0.2, -0.15) is 4.98 Å². The maximum absolute atomic E-state index is 6.69. The van der Waals surface area contributed by atoms with Crippen LogP contribution in [0.1, 0.15) is 25.3 Å². The molecule has 0 spiro atoms. The Morgan fingerprint density at radius 3 is 2.38 bits per heavy atom. The lowest BCUT2D eigenvalue weighted by Crippen LogP contribution is -2.45. The molecule has 1 aliphatic rings. The summed E-state index contributed by atoms with van der Waals surface area (Å²) in [5.74, 6) is 2.42. The Hall–Kier alpha value is -3.65. The lowest BCUT2D eigenvalue weighted by molar-refractivity contribution is 0.311. The first kappa shape index (κ1) is 22.2. The van der Waals surface area contributed by atoms with Crippen LogP contribution in [-0.2, 0) is 0 Å². The smallest absolute Gasteiger partial charge is 0.228 e. The SMILES string of the molecule is COc1cccc(-c2nc(N3CCN(C)CC3)nc3nn(-c4ccc(C(C)C)cc4)c(N)c23)c1. The van der Waals surface area contributed by atoms with Crippen LogP contribution in [-0.4, -0.2) is 65.0 Å². The van der Waals surface area contributed by atoms with E-state index in [2.05, 4.69) is 55.0 Å². The van der Waals surface area contributed by atoms with Crippen molar-refractivity contribution in [3.05, 3.63) is 54.1 Å². The van der Waals surface area contributed by atoms with Gasteiger partial charge in [0.05, 0.1) is 23.9 Å². The van der Waals surface area contributed by atoms with Crippen molar-refractivity contribution in [2.24, 2.45) is 0 Å². The molecule has 0 unspecified atom stereocenters. The van der Waals surface area contributed by atoms with Gasteiger partial charge in [0.25, 0.3) is 0 Å². The number of ether oxygens (including phenoxy) is 1. The average Bonchev–Trinajstić information content (AvgIpc) is 3.20. The average molecular weight is 458 g/mol. The van der Waals surface area contributed by atoms with Gasteiger partial charge >= 0.3 is 0 Å². The van der Waals surface area contributed by atoms with Crippen LogP contribution in [0.3, 0.4) is 0 Å². The van der Waals surface area contributed by atoms with E-state index in [1.54, 1.807) is 11.8 Å². The summed E-state index contributed by atoms with van der Waals surface area (Å²) >= 11 is 0. The summed E-state index contributed by atoms with van der Waals surface area (Å²) in [5.41, 5.74) is 11.1. The fourth-order valence-electron chi connectivity index (χ4n) is 4.32. The summed E-state index contributed by atoms with van der Waals surface area (Å²) in [4.78, 5) is 14.4. The van der Waals surface area contributed by atoms with Crippen molar-refractivity contribution in [1.82, 2.24) is 24.6 Å². The molecule has 1 aliphatic heterocycles. The Morgan fingerprint density at radius 2 is 1.71 bits per heavy atom. The number of methoxy groups -OCH3 is 1. The predicted molar refractivity (Wildman–Crippen MR) is 137 cm³/mol. The second-order valence-corrected chi connectivity index (χ2v) is 9.14. The lowest BCUT2D eigenvalue weighted by atomic mass is 10.0. The van der Waals surface area contributed by atoms with Gasteiger partial charge in [0, 0.05) is 31.7 Å². The lowest BCUT2D eigenvalue weighted by Gasteiger charge is -2.32. The van der Waals surface area contributed by atoms with Gasteiger partial charge < -0.3 is 20.3 Å². The van der Waals surface area contributed by atoms with Crippen molar-refractivity contribution in [3.8, 4) is 22.7 Å². The van der Waals surface area contributed by atoms with Gasteiger partial charge in [-0.3, -0.25) is 0 Å². The minimum absolute atomic E-state index is 0.458. The van der Waals surface area contributed by atoms with Crippen LogP contribution in [0.25, 0.3) is 28.0 Å². The Kier molecular flexibility index (Phi) is 5.83. The first-order chi connectivity index (χ1) is 16.4. The molecule has 0 amide bonds. The quantitative estimate of drug-likeness (QED) is 0.486. The number of fused-ring (bicyclic) bond motifs is 1. The minimum atomic E-state index is 0.458. The number of benzene rings is 2. The number of nitrogens with two attached hydrogens (primary N) is 1. The van der Waals surface area contributed by atoms with Crippen molar-refractivity contribution in [3.63, 3.8) is 0 Å². The summed E-state index contributed by atoms with van der Waals surface area (Å²) in [6.07, 6.45) is 0. The van der Waals surface area contributed by atoms with Crippen LogP contribution < -0.4 is 15.4 Å². The zero-order chi connectivity index (χ0) is 23.8. The first-order valence-corrected chi connectivity index (χ1v) is 11.7.